The van der Waals surface area contributed by atoms with Gasteiger partial charge in [0.2, 0.25) is 11.8 Å². The molecule has 3 amide bonds. The maximum Gasteiger partial charge on any atom is 0.253 e. The highest BCUT2D eigenvalue weighted by Crippen LogP contribution is 2.59. The van der Waals surface area contributed by atoms with E-state index < -0.39 is 29.6 Å². The lowest BCUT2D eigenvalue weighted by Crippen LogP contribution is -2.56. The Balaban J connectivity index is 1.53. The summed E-state index contributed by atoms with van der Waals surface area (Å²) < 4.78 is 6.70. The van der Waals surface area contributed by atoms with Crippen molar-refractivity contribution in [3.05, 3.63) is 90.5 Å². The fourth-order valence-corrected chi connectivity index (χ4v) is 7.35. The summed E-state index contributed by atoms with van der Waals surface area (Å²) in [4.78, 5) is 48.5. The Morgan fingerprint density at radius 1 is 1.07 bits per heavy atom. The van der Waals surface area contributed by atoms with E-state index in [2.05, 4.69) is 13.2 Å². The van der Waals surface area contributed by atoms with Gasteiger partial charge in [0.05, 0.1) is 17.9 Å². The number of aliphatic hydroxyl groups excluding tert-OH is 1. The van der Waals surface area contributed by atoms with Crippen molar-refractivity contribution in [2.45, 2.75) is 63.8 Å². The fourth-order valence-electron chi connectivity index (χ4n) is 7.35. The predicted octanol–water partition coefficient (Wildman–Crippen LogP) is 4.18. The van der Waals surface area contributed by atoms with Crippen LogP contribution in [0.5, 0.6) is 0 Å². The third kappa shape index (κ3) is 5.54. The fraction of sp³-hybridized carbons (Fsp3) is 0.457. The standard InChI is InChI=1S/C35H43N3O5/c1-5-18-36(23-26-12-8-7-9-13-26)32(40)29-28-16-17-35(43-28)30(29)33(41)38(20-10-11-21-39)31(35)34(42)37(19-6-2)27-22-24(3)14-15-25(27)4/h5-9,12-15,22,28-31,39H,1-2,10-11,16-21,23H2,3-4H3/t28-,29+,30-,31?,35?/m0/s1. The van der Waals surface area contributed by atoms with E-state index in [1.165, 1.54) is 0 Å². The molecule has 1 N–H and O–H groups in total. The molecule has 5 atom stereocenters. The number of carbonyl (C=O) groups excluding carboxylic acids is 3. The number of likely N-dealkylation sites (tertiary alicyclic amines) is 1. The molecular formula is C35H43N3O5. The van der Waals surface area contributed by atoms with Crippen LogP contribution in [0.3, 0.4) is 0 Å². The summed E-state index contributed by atoms with van der Waals surface area (Å²) in [5.41, 5.74) is 2.62. The van der Waals surface area contributed by atoms with Gasteiger partial charge in [-0.2, -0.15) is 0 Å². The number of hydrogen-bond donors (Lipinski definition) is 1. The van der Waals surface area contributed by atoms with Gasteiger partial charge in [0.25, 0.3) is 5.91 Å². The summed E-state index contributed by atoms with van der Waals surface area (Å²) in [6.07, 6.45) is 5.13. The first kappa shape index (κ1) is 30.7. The highest BCUT2D eigenvalue weighted by Gasteiger charge is 2.74. The van der Waals surface area contributed by atoms with Gasteiger partial charge in [-0.25, -0.2) is 0 Å². The summed E-state index contributed by atoms with van der Waals surface area (Å²) >= 11 is 0. The van der Waals surface area contributed by atoms with Gasteiger partial charge in [-0.15, -0.1) is 13.2 Å². The van der Waals surface area contributed by atoms with E-state index in [0.717, 1.165) is 22.4 Å². The number of fused-ring (bicyclic) bond motifs is 1. The van der Waals surface area contributed by atoms with Crippen molar-refractivity contribution in [3.63, 3.8) is 0 Å². The van der Waals surface area contributed by atoms with Crippen molar-refractivity contribution in [1.82, 2.24) is 9.80 Å². The lowest BCUT2D eigenvalue weighted by Gasteiger charge is -2.37. The number of benzene rings is 2. The number of hydrogen-bond acceptors (Lipinski definition) is 5. The van der Waals surface area contributed by atoms with Crippen LogP contribution in [-0.4, -0.2) is 76.6 Å². The highest BCUT2D eigenvalue weighted by atomic mass is 16.5. The Morgan fingerprint density at radius 3 is 2.51 bits per heavy atom. The highest BCUT2D eigenvalue weighted by molar-refractivity contribution is 6.05. The monoisotopic (exact) mass is 585 g/mol. The number of unbranched alkanes of at least 4 members (excludes halogenated alkanes) is 1. The zero-order valence-electron chi connectivity index (χ0n) is 25.3. The average molecular weight is 586 g/mol. The summed E-state index contributed by atoms with van der Waals surface area (Å²) in [5.74, 6) is -2.02. The molecule has 1 spiro atoms. The summed E-state index contributed by atoms with van der Waals surface area (Å²) in [6.45, 7) is 13.0. The zero-order valence-corrected chi connectivity index (χ0v) is 25.3. The Morgan fingerprint density at radius 2 is 1.81 bits per heavy atom. The van der Waals surface area contributed by atoms with Crippen molar-refractivity contribution in [3.8, 4) is 0 Å². The second kappa shape index (κ2) is 12.9. The van der Waals surface area contributed by atoms with Crippen LogP contribution in [0.15, 0.2) is 73.8 Å². The minimum absolute atomic E-state index is 0.00399. The topological polar surface area (TPSA) is 90.4 Å². The Bertz CT molecular complexity index is 1380. The molecule has 43 heavy (non-hydrogen) atoms. The number of carbonyl (C=O) groups is 3. The van der Waals surface area contributed by atoms with Gasteiger partial charge in [0.15, 0.2) is 0 Å². The van der Waals surface area contributed by atoms with Crippen LogP contribution in [0.4, 0.5) is 5.69 Å². The third-order valence-corrected chi connectivity index (χ3v) is 9.24. The van der Waals surface area contributed by atoms with Gasteiger partial charge in [-0.3, -0.25) is 14.4 Å². The minimum Gasteiger partial charge on any atom is -0.396 e. The van der Waals surface area contributed by atoms with Gasteiger partial charge in [0, 0.05) is 38.5 Å². The molecule has 0 saturated carbocycles. The Kier molecular flexibility index (Phi) is 9.18. The van der Waals surface area contributed by atoms with Crippen LogP contribution in [0, 0.1) is 25.7 Å². The van der Waals surface area contributed by atoms with Crippen LogP contribution >= 0.6 is 0 Å². The molecule has 2 bridgehead atoms. The molecule has 2 unspecified atom stereocenters. The second-order valence-corrected chi connectivity index (χ2v) is 12.0. The summed E-state index contributed by atoms with van der Waals surface area (Å²) in [7, 11) is 0. The van der Waals surface area contributed by atoms with E-state index in [0.29, 0.717) is 45.3 Å². The maximum atomic E-state index is 14.7. The quantitative estimate of drug-likeness (QED) is 0.281. The number of rotatable bonds is 13. The number of nitrogens with zero attached hydrogens (tertiary/aromatic N) is 3. The smallest absolute Gasteiger partial charge is 0.253 e. The van der Waals surface area contributed by atoms with E-state index in [1.54, 1.807) is 26.9 Å². The molecule has 2 aromatic carbocycles. The number of anilines is 1. The van der Waals surface area contributed by atoms with Crippen molar-refractivity contribution in [1.29, 1.82) is 0 Å². The van der Waals surface area contributed by atoms with E-state index >= 15 is 0 Å². The molecule has 0 radical (unpaired) electrons. The predicted molar refractivity (Wildman–Crippen MR) is 166 cm³/mol. The van der Waals surface area contributed by atoms with E-state index in [4.69, 9.17) is 4.74 Å². The van der Waals surface area contributed by atoms with Gasteiger partial charge < -0.3 is 24.5 Å². The van der Waals surface area contributed by atoms with Crippen molar-refractivity contribution in [2.24, 2.45) is 11.8 Å². The Labute approximate surface area is 254 Å². The molecule has 5 rings (SSSR count). The number of aryl methyl sites for hydroxylation is 2. The molecule has 3 saturated heterocycles. The van der Waals surface area contributed by atoms with E-state index in [1.807, 2.05) is 62.4 Å². The first-order chi connectivity index (χ1) is 20.8. The average Bonchev–Trinajstić information content (AvgIpc) is 3.64. The second-order valence-electron chi connectivity index (χ2n) is 12.0. The molecule has 2 aromatic rings. The zero-order chi connectivity index (χ0) is 30.7. The normalized spacial score (nSPS) is 25.5. The molecule has 228 valence electrons. The van der Waals surface area contributed by atoms with Crippen molar-refractivity contribution >= 4 is 23.4 Å². The van der Waals surface area contributed by atoms with Crippen LogP contribution in [0.25, 0.3) is 0 Å². The lowest BCUT2D eigenvalue weighted by atomic mass is 9.70. The maximum absolute atomic E-state index is 14.7. The number of ether oxygens (including phenoxy) is 1. The van der Waals surface area contributed by atoms with Crippen molar-refractivity contribution < 1.29 is 24.2 Å². The Hall–Kier alpha value is -3.75. The van der Waals surface area contributed by atoms with E-state index in [-0.39, 0.29) is 30.9 Å². The van der Waals surface area contributed by atoms with Gasteiger partial charge in [0.1, 0.15) is 11.6 Å². The first-order valence-corrected chi connectivity index (χ1v) is 15.3. The minimum atomic E-state index is -1.10. The molecule has 3 fully saturated rings. The van der Waals surface area contributed by atoms with Crippen LogP contribution in [0.2, 0.25) is 0 Å². The molecule has 0 aromatic heterocycles. The summed E-state index contributed by atoms with van der Waals surface area (Å²) in [6, 6.07) is 14.9. The van der Waals surface area contributed by atoms with Crippen LogP contribution in [0.1, 0.15) is 42.4 Å². The van der Waals surface area contributed by atoms with E-state index in [9.17, 15) is 19.5 Å². The molecular weight excluding hydrogens is 542 g/mol. The SMILES string of the molecule is C=CCN(Cc1ccccc1)C(=O)[C@@H]1[C@@H]2CCC3(O2)C(C(=O)N(CC=C)c2cc(C)ccc2C)N(CCCCO)C(=O)[C@H]13. The van der Waals surface area contributed by atoms with Gasteiger partial charge in [-0.1, -0.05) is 54.6 Å². The largest absolute Gasteiger partial charge is 0.396 e. The number of amides is 3. The lowest BCUT2D eigenvalue weighted by molar-refractivity contribution is -0.145. The van der Waals surface area contributed by atoms with Gasteiger partial charge >= 0.3 is 0 Å². The molecule has 3 aliphatic heterocycles. The third-order valence-electron chi connectivity index (χ3n) is 9.24. The number of aliphatic hydroxyl groups is 1. The molecule has 0 aliphatic carbocycles. The molecule has 3 aliphatic rings. The molecule has 8 heteroatoms. The molecule has 3 heterocycles. The van der Waals surface area contributed by atoms with Crippen molar-refractivity contribution in [2.75, 3.05) is 31.1 Å². The summed E-state index contributed by atoms with van der Waals surface area (Å²) in [5, 5.41) is 9.48. The van der Waals surface area contributed by atoms with Crippen LogP contribution in [-0.2, 0) is 25.7 Å². The first-order valence-electron chi connectivity index (χ1n) is 15.3. The molecule has 8 nitrogen and oxygen atoms in total. The van der Waals surface area contributed by atoms with Gasteiger partial charge in [-0.05, 0) is 62.3 Å². The van der Waals surface area contributed by atoms with Crippen LogP contribution < -0.4 is 4.90 Å².